The lowest BCUT2D eigenvalue weighted by Crippen LogP contribution is -2.41. The van der Waals surface area contributed by atoms with Crippen molar-refractivity contribution in [2.75, 3.05) is 7.05 Å². The summed E-state index contributed by atoms with van der Waals surface area (Å²) >= 11 is 3.30. The van der Waals surface area contributed by atoms with Gasteiger partial charge in [-0.2, -0.15) is 0 Å². The normalized spacial score (nSPS) is 15.7. The number of alkyl halides is 3. The van der Waals surface area contributed by atoms with Gasteiger partial charge in [0.2, 0.25) is 5.88 Å². The van der Waals surface area contributed by atoms with Gasteiger partial charge in [-0.1, -0.05) is 48.9 Å². The number of halogens is 4. The van der Waals surface area contributed by atoms with E-state index in [2.05, 4.69) is 44.0 Å². The molecule has 1 heterocycles. The topological polar surface area (TPSA) is 72.1 Å². The predicted octanol–water partition coefficient (Wildman–Crippen LogP) is 6.41. The Kier molecular flexibility index (Phi) is 15.0. The van der Waals surface area contributed by atoms with E-state index in [-0.39, 0.29) is 18.5 Å². The largest absolute Gasteiger partial charge is 0.573 e. The molecule has 3 N–H and O–H groups in total. The maximum Gasteiger partial charge on any atom is 0.573 e. The van der Waals surface area contributed by atoms with Crippen molar-refractivity contribution in [3.63, 3.8) is 0 Å². The summed E-state index contributed by atoms with van der Waals surface area (Å²) in [7, 11) is 1.84. The van der Waals surface area contributed by atoms with Crippen LogP contribution in [0.4, 0.5) is 13.2 Å². The molecular formula is C23H34BrF3N4O2. The number of nitrogens with zero attached hydrogens (tertiary/aromatic N) is 2. The number of hydrogen-bond acceptors (Lipinski definition) is 6. The van der Waals surface area contributed by atoms with E-state index in [1.165, 1.54) is 16.6 Å². The van der Waals surface area contributed by atoms with Crippen molar-refractivity contribution in [3.05, 3.63) is 58.6 Å². The van der Waals surface area contributed by atoms with Crippen LogP contribution in [0.3, 0.4) is 0 Å². The van der Waals surface area contributed by atoms with Crippen LogP contribution in [0.25, 0.3) is 0 Å². The molecular weight excluding hydrogens is 501 g/mol. The van der Waals surface area contributed by atoms with Gasteiger partial charge in [-0.25, -0.2) is 4.99 Å². The van der Waals surface area contributed by atoms with E-state index in [9.17, 15) is 13.2 Å². The average Bonchev–Trinajstić information content (AvgIpc) is 2.75. The molecule has 1 unspecified atom stereocenters. The third-order valence-corrected chi connectivity index (χ3v) is 4.05. The van der Waals surface area contributed by atoms with Gasteiger partial charge in [0.1, 0.15) is 17.7 Å². The molecule has 10 heteroatoms. The molecule has 33 heavy (non-hydrogen) atoms. The number of hydrogen-bond donors (Lipinski definition) is 2. The van der Waals surface area contributed by atoms with E-state index in [0.29, 0.717) is 17.2 Å². The van der Waals surface area contributed by atoms with E-state index in [4.69, 9.17) is 10.5 Å². The quantitative estimate of drug-likeness (QED) is 0.422. The lowest BCUT2D eigenvalue weighted by Gasteiger charge is -2.27. The number of benzene rings is 1. The van der Waals surface area contributed by atoms with E-state index in [0.717, 1.165) is 12.5 Å². The number of ether oxygens (including phenoxy) is 2. The van der Waals surface area contributed by atoms with Crippen molar-refractivity contribution in [1.82, 2.24) is 10.2 Å². The van der Waals surface area contributed by atoms with E-state index in [1.54, 1.807) is 18.6 Å². The zero-order valence-corrected chi connectivity index (χ0v) is 21.5. The van der Waals surface area contributed by atoms with Crippen molar-refractivity contribution in [1.29, 1.82) is 0 Å². The second-order valence-corrected chi connectivity index (χ2v) is 7.60. The molecule has 0 spiro atoms. The molecule has 0 fully saturated rings. The molecule has 0 bridgehead atoms. The molecule has 1 aromatic rings. The van der Waals surface area contributed by atoms with Crippen LogP contribution in [-0.4, -0.2) is 30.8 Å². The van der Waals surface area contributed by atoms with Gasteiger partial charge >= 0.3 is 6.36 Å². The second kappa shape index (κ2) is 16.2. The Hall–Kier alpha value is -2.46. The number of nitrogens with one attached hydrogen (secondary N) is 1. The van der Waals surface area contributed by atoms with Crippen LogP contribution in [0, 0.1) is 0 Å². The molecule has 0 saturated heterocycles. The van der Waals surface area contributed by atoms with Gasteiger partial charge in [0, 0.05) is 25.2 Å². The third-order valence-electron chi connectivity index (χ3n) is 3.73. The van der Waals surface area contributed by atoms with Crippen LogP contribution in [0.2, 0.25) is 0 Å². The molecule has 0 saturated carbocycles. The van der Waals surface area contributed by atoms with Gasteiger partial charge < -0.3 is 25.4 Å². The standard InChI is InChI=1S/C16H19F3N4O2.C5H9Br.C2H6/c1-3-6-21-14-8-15(22-10-23(14)2)24-13-5-4-12(7-11(13)9-20)25-16(17,18)19;1-3-4-5(2)6;1-2/h3-8,10,14,21H,9,20H2,1-2H3;4H,3H2,1-2H3;1-2H3/b6-3+;;. The third kappa shape index (κ3) is 13.0. The van der Waals surface area contributed by atoms with Gasteiger partial charge in [0.05, 0.1) is 6.34 Å². The average molecular weight is 535 g/mol. The van der Waals surface area contributed by atoms with Crippen LogP contribution in [0.15, 0.2) is 58.0 Å². The Morgan fingerprint density at radius 3 is 2.48 bits per heavy atom. The Morgan fingerprint density at radius 1 is 1.33 bits per heavy atom. The lowest BCUT2D eigenvalue weighted by molar-refractivity contribution is -0.274. The molecule has 1 aromatic carbocycles. The van der Waals surface area contributed by atoms with Gasteiger partial charge in [0.25, 0.3) is 0 Å². The van der Waals surface area contributed by atoms with Crippen LogP contribution in [0.1, 0.15) is 46.6 Å². The highest BCUT2D eigenvalue weighted by Gasteiger charge is 2.31. The Morgan fingerprint density at radius 2 is 2.00 bits per heavy atom. The predicted molar refractivity (Wildman–Crippen MR) is 132 cm³/mol. The molecule has 1 atom stereocenters. The minimum atomic E-state index is -4.76. The highest BCUT2D eigenvalue weighted by molar-refractivity contribution is 9.11. The summed E-state index contributed by atoms with van der Waals surface area (Å²) in [6.07, 6.45) is 5.26. The van der Waals surface area contributed by atoms with Crippen LogP contribution < -0.4 is 20.5 Å². The minimum absolute atomic E-state index is 0.0124. The lowest BCUT2D eigenvalue weighted by atomic mass is 10.2. The summed E-state index contributed by atoms with van der Waals surface area (Å²) < 4.78 is 47.7. The fourth-order valence-electron chi connectivity index (χ4n) is 2.34. The highest BCUT2D eigenvalue weighted by atomic mass is 79.9. The Bertz CT molecular complexity index is 820. The van der Waals surface area contributed by atoms with E-state index < -0.39 is 6.36 Å². The summed E-state index contributed by atoms with van der Waals surface area (Å²) in [6, 6.07) is 3.72. The summed E-state index contributed by atoms with van der Waals surface area (Å²) in [4.78, 5) is 5.98. The maximum absolute atomic E-state index is 12.3. The summed E-state index contributed by atoms with van der Waals surface area (Å²) in [6.45, 7) is 10.0. The van der Waals surface area contributed by atoms with Crippen LogP contribution >= 0.6 is 15.9 Å². The Balaban J connectivity index is 0.00000111. The molecule has 0 aromatic heterocycles. The molecule has 0 aliphatic carbocycles. The van der Waals surface area contributed by atoms with Crippen LogP contribution in [-0.2, 0) is 6.54 Å². The number of rotatable bonds is 7. The minimum Gasteiger partial charge on any atom is -0.439 e. The summed E-state index contributed by atoms with van der Waals surface area (Å²) in [5.41, 5.74) is 5.97. The highest BCUT2D eigenvalue weighted by Crippen LogP contribution is 2.29. The van der Waals surface area contributed by atoms with E-state index in [1.807, 2.05) is 45.7 Å². The first-order valence-corrected chi connectivity index (χ1v) is 11.3. The van der Waals surface area contributed by atoms with Crippen molar-refractivity contribution in [3.8, 4) is 11.5 Å². The fourth-order valence-corrected chi connectivity index (χ4v) is 2.67. The molecule has 2 rings (SSSR count). The smallest absolute Gasteiger partial charge is 0.439 e. The zero-order valence-electron chi connectivity index (χ0n) is 19.9. The maximum atomic E-state index is 12.3. The SMILES string of the molecule is C/C=C/NC1C=C(Oc2ccc(OC(F)(F)F)cc2CN)N=CN1C.CC.CCC=C(C)Br. The molecule has 1 aliphatic rings. The second-order valence-electron chi connectivity index (χ2n) is 6.35. The van der Waals surface area contributed by atoms with Crippen molar-refractivity contribution in [2.24, 2.45) is 10.7 Å². The first-order chi connectivity index (χ1) is 15.6. The Labute approximate surface area is 203 Å². The molecule has 0 amide bonds. The number of allylic oxidation sites excluding steroid dienone is 3. The zero-order chi connectivity index (χ0) is 25.4. The van der Waals surface area contributed by atoms with Gasteiger partial charge in [-0.3, -0.25) is 0 Å². The number of aliphatic imine (C=N–C) groups is 1. The summed E-state index contributed by atoms with van der Waals surface area (Å²) in [5.74, 6) is 0.267. The first-order valence-electron chi connectivity index (χ1n) is 10.5. The first kappa shape index (κ1) is 30.5. The van der Waals surface area contributed by atoms with E-state index >= 15 is 0 Å². The molecule has 0 radical (unpaired) electrons. The monoisotopic (exact) mass is 534 g/mol. The fraction of sp³-hybridized carbons (Fsp3) is 0.435. The van der Waals surface area contributed by atoms with Gasteiger partial charge in [0.15, 0.2) is 0 Å². The molecule has 1 aliphatic heterocycles. The van der Waals surface area contributed by atoms with Gasteiger partial charge in [-0.15, -0.1) is 13.2 Å². The van der Waals surface area contributed by atoms with Crippen molar-refractivity contribution >= 4 is 22.3 Å². The van der Waals surface area contributed by atoms with Crippen molar-refractivity contribution in [2.45, 2.75) is 60.1 Å². The molecule has 6 nitrogen and oxygen atoms in total. The summed E-state index contributed by atoms with van der Waals surface area (Å²) in [5, 5.41) is 3.13. The number of likely N-dealkylation sites (N-methyl/N-ethyl adjacent to an activating group) is 1. The number of nitrogens with two attached hydrogens (primary N) is 1. The van der Waals surface area contributed by atoms with Crippen molar-refractivity contribution < 1.29 is 22.6 Å². The van der Waals surface area contributed by atoms with Gasteiger partial charge in [-0.05, 0) is 49.1 Å². The molecule has 186 valence electrons. The van der Waals surface area contributed by atoms with Crippen LogP contribution in [0.5, 0.6) is 11.5 Å².